The lowest BCUT2D eigenvalue weighted by atomic mass is 10.1. The van der Waals surface area contributed by atoms with Gasteiger partial charge in [-0.1, -0.05) is 39.4 Å². The van der Waals surface area contributed by atoms with E-state index in [1.165, 1.54) is 0 Å². The number of aryl methyl sites for hydroxylation is 1. The quantitative estimate of drug-likeness (QED) is 0.545. The van der Waals surface area contributed by atoms with Crippen LogP contribution in [-0.2, 0) is 6.54 Å². The number of nitrogens with zero attached hydrogens (tertiary/aromatic N) is 1. The lowest BCUT2D eigenvalue weighted by molar-refractivity contribution is -0.684. The topological polar surface area (TPSA) is 20.9 Å². The van der Waals surface area contributed by atoms with Gasteiger partial charge in [0.1, 0.15) is 0 Å². The van der Waals surface area contributed by atoms with Crippen LogP contribution in [0.1, 0.15) is 15.4 Å². The fraction of sp³-hybridized carbons (Fsp3) is 0.167. The molecule has 90 valence electrons. The molecule has 0 N–H and O–H groups in total. The van der Waals surface area contributed by atoms with E-state index in [1.54, 1.807) is 11.3 Å². The molecular weight excluding hydrogens is 366 g/mol. The molecule has 2 nitrogen and oxygen atoms in total. The summed E-state index contributed by atoms with van der Waals surface area (Å²) in [6.45, 7) is 2.43. The normalized spacial score (nSPS) is 9.76. The molecule has 0 saturated carbocycles. The average molecular weight is 377 g/mol. The number of hydrogen-bond donors (Lipinski definition) is 0. The Kier molecular flexibility index (Phi) is 5.49. The van der Waals surface area contributed by atoms with Crippen LogP contribution in [0.2, 0.25) is 0 Å². The van der Waals surface area contributed by atoms with Gasteiger partial charge in [0.25, 0.3) is 0 Å². The lowest BCUT2D eigenvalue weighted by Crippen LogP contribution is -3.00. The van der Waals surface area contributed by atoms with E-state index in [9.17, 15) is 4.79 Å². The van der Waals surface area contributed by atoms with Gasteiger partial charge in [-0.15, -0.1) is 0 Å². The molecule has 0 spiro atoms. The van der Waals surface area contributed by atoms with Gasteiger partial charge in [0.15, 0.2) is 6.20 Å². The molecule has 0 saturated heterocycles. The first-order valence-electron chi connectivity index (χ1n) is 4.89. The predicted molar refractivity (Wildman–Crippen MR) is 67.7 cm³/mol. The summed E-state index contributed by atoms with van der Waals surface area (Å²) in [4.78, 5) is 11.9. The van der Waals surface area contributed by atoms with E-state index in [0.717, 1.165) is 15.0 Å². The van der Waals surface area contributed by atoms with Crippen molar-refractivity contribution < 1.29 is 26.3 Å². The summed E-state index contributed by atoms with van der Waals surface area (Å²) in [7, 11) is 0. The van der Waals surface area contributed by atoms with Crippen molar-refractivity contribution in [1.29, 1.82) is 0 Å². The smallest absolute Gasteiger partial charge is 0.234 e. The molecule has 0 radical (unpaired) electrons. The summed E-state index contributed by atoms with van der Waals surface area (Å²) in [6, 6.07) is 7.46. The van der Waals surface area contributed by atoms with Gasteiger partial charge in [0, 0.05) is 17.0 Å². The zero-order valence-corrected chi connectivity index (χ0v) is 13.2. The molecule has 1 aromatic heterocycles. The molecule has 0 amide bonds. The minimum atomic E-state index is 0. The fourth-order valence-electron chi connectivity index (χ4n) is 1.42. The summed E-state index contributed by atoms with van der Waals surface area (Å²) < 4.78 is 2.96. The van der Waals surface area contributed by atoms with E-state index in [4.69, 9.17) is 0 Å². The lowest BCUT2D eigenvalue weighted by Gasteiger charge is -1.97. The molecule has 1 heterocycles. The standard InChI is InChI=1S/C12H11BrNOS.BrH/c1-9-14(6-7-16-9)8-12(15)10-2-4-11(13)5-3-10;/h2-7H,8H2,1H3;1H/q+1;/p-1. The predicted octanol–water partition coefficient (Wildman–Crippen LogP) is -0.00658. The minimum Gasteiger partial charge on any atom is -1.00 e. The summed E-state index contributed by atoms with van der Waals surface area (Å²) in [5, 5.41) is 3.13. The molecule has 2 aromatic rings. The van der Waals surface area contributed by atoms with E-state index in [2.05, 4.69) is 15.9 Å². The van der Waals surface area contributed by atoms with Gasteiger partial charge in [0.2, 0.25) is 17.3 Å². The number of aromatic nitrogens is 1. The second-order valence-corrected chi connectivity index (χ2v) is 5.49. The van der Waals surface area contributed by atoms with E-state index >= 15 is 0 Å². The van der Waals surface area contributed by atoms with Crippen molar-refractivity contribution in [3.05, 3.63) is 50.9 Å². The van der Waals surface area contributed by atoms with Crippen molar-refractivity contribution in [2.45, 2.75) is 13.5 Å². The van der Waals surface area contributed by atoms with Crippen LogP contribution >= 0.6 is 27.3 Å². The van der Waals surface area contributed by atoms with Crippen molar-refractivity contribution >= 4 is 33.0 Å². The molecule has 1 aromatic carbocycles. The van der Waals surface area contributed by atoms with Crippen LogP contribution in [0.15, 0.2) is 40.3 Å². The maximum absolute atomic E-state index is 11.9. The van der Waals surface area contributed by atoms with Crippen molar-refractivity contribution in [3.63, 3.8) is 0 Å². The largest absolute Gasteiger partial charge is 1.00 e. The molecule has 0 bridgehead atoms. The van der Waals surface area contributed by atoms with Gasteiger partial charge in [-0.2, -0.15) is 4.57 Å². The third-order valence-electron chi connectivity index (χ3n) is 2.36. The summed E-state index contributed by atoms with van der Waals surface area (Å²) in [5.41, 5.74) is 0.751. The second-order valence-electron chi connectivity index (χ2n) is 3.48. The van der Waals surface area contributed by atoms with E-state index in [-0.39, 0.29) is 22.8 Å². The van der Waals surface area contributed by atoms with Crippen LogP contribution < -0.4 is 21.5 Å². The van der Waals surface area contributed by atoms with Crippen molar-refractivity contribution in [2.75, 3.05) is 0 Å². The van der Waals surface area contributed by atoms with Gasteiger partial charge in [-0.25, -0.2) is 0 Å². The molecule has 0 atom stereocenters. The maximum Gasteiger partial charge on any atom is 0.234 e. The molecule has 5 heteroatoms. The van der Waals surface area contributed by atoms with Crippen molar-refractivity contribution in [3.8, 4) is 0 Å². The first-order valence-corrected chi connectivity index (χ1v) is 6.56. The summed E-state index contributed by atoms with van der Waals surface area (Å²) in [5.74, 6) is 0.138. The number of carbonyl (C=O) groups excluding carboxylic acids is 1. The number of thiazole rings is 1. The maximum atomic E-state index is 11.9. The number of Topliss-reactive ketones (excluding diaryl/α,β-unsaturated/α-hetero) is 1. The first-order chi connectivity index (χ1) is 7.66. The van der Waals surface area contributed by atoms with Gasteiger partial charge >= 0.3 is 0 Å². The third kappa shape index (κ3) is 3.72. The highest BCUT2D eigenvalue weighted by Crippen LogP contribution is 2.11. The van der Waals surface area contributed by atoms with E-state index in [0.29, 0.717) is 6.54 Å². The van der Waals surface area contributed by atoms with Crippen LogP contribution in [0.5, 0.6) is 0 Å². The molecule has 17 heavy (non-hydrogen) atoms. The van der Waals surface area contributed by atoms with Crippen LogP contribution in [-0.4, -0.2) is 5.78 Å². The molecular formula is C12H11Br2NOS. The Morgan fingerprint density at radius 3 is 2.53 bits per heavy atom. The van der Waals surface area contributed by atoms with Gasteiger partial charge < -0.3 is 17.0 Å². The third-order valence-corrected chi connectivity index (χ3v) is 3.73. The summed E-state index contributed by atoms with van der Waals surface area (Å²) in [6.07, 6.45) is 1.94. The Bertz CT molecular complexity index is 507. The Morgan fingerprint density at radius 2 is 2.00 bits per heavy atom. The van der Waals surface area contributed by atoms with Crippen LogP contribution in [0.25, 0.3) is 0 Å². The minimum absolute atomic E-state index is 0. The van der Waals surface area contributed by atoms with Gasteiger partial charge in [-0.05, 0) is 12.1 Å². The van der Waals surface area contributed by atoms with E-state index < -0.39 is 0 Å². The number of hydrogen-bond acceptors (Lipinski definition) is 2. The Morgan fingerprint density at radius 1 is 1.35 bits per heavy atom. The average Bonchev–Trinajstić information content (AvgIpc) is 2.65. The molecule has 0 fully saturated rings. The molecule has 0 aliphatic carbocycles. The fourth-order valence-corrected chi connectivity index (χ4v) is 2.35. The number of benzene rings is 1. The van der Waals surface area contributed by atoms with Crippen molar-refractivity contribution in [2.24, 2.45) is 0 Å². The number of halogens is 2. The van der Waals surface area contributed by atoms with Crippen molar-refractivity contribution in [1.82, 2.24) is 0 Å². The molecule has 0 aliphatic rings. The van der Waals surface area contributed by atoms with E-state index in [1.807, 2.05) is 47.3 Å². The first kappa shape index (κ1) is 14.5. The summed E-state index contributed by atoms with van der Waals surface area (Å²) >= 11 is 5.00. The van der Waals surface area contributed by atoms with Gasteiger partial charge in [-0.3, -0.25) is 4.79 Å². The highest BCUT2D eigenvalue weighted by molar-refractivity contribution is 9.10. The number of rotatable bonds is 3. The number of carbonyl (C=O) groups is 1. The number of ketones is 1. The highest BCUT2D eigenvalue weighted by Gasteiger charge is 2.14. The monoisotopic (exact) mass is 375 g/mol. The van der Waals surface area contributed by atoms with Crippen LogP contribution in [0, 0.1) is 6.92 Å². The zero-order chi connectivity index (χ0) is 11.5. The zero-order valence-electron chi connectivity index (χ0n) is 9.19. The van der Waals surface area contributed by atoms with Crippen LogP contribution in [0.4, 0.5) is 0 Å². The Hall–Kier alpha value is -0.520. The van der Waals surface area contributed by atoms with Crippen LogP contribution in [0.3, 0.4) is 0 Å². The second kappa shape index (κ2) is 6.42. The molecule has 0 unspecified atom stereocenters. The Balaban J connectivity index is 0.00000144. The SMILES string of the molecule is Cc1scc[n+]1CC(=O)c1ccc(Br)cc1.[Br-]. The van der Waals surface area contributed by atoms with Gasteiger partial charge in [0.05, 0.1) is 5.38 Å². The molecule has 0 aliphatic heterocycles. The molecule has 2 rings (SSSR count). The Labute approximate surface area is 123 Å². The highest BCUT2D eigenvalue weighted by atomic mass is 79.9.